The molecule has 0 bridgehead atoms. The Hall–Kier alpha value is -2.07. The van der Waals surface area contributed by atoms with E-state index in [1.54, 1.807) is 20.3 Å². The summed E-state index contributed by atoms with van der Waals surface area (Å²) in [6, 6.07) is 3.10. The first kappa shape index (κ1) is 26.5. The number of nitrogens with zero attached hydrogens (tertiary/aromatic N) is 2. The quantitative estimate of drug-likeness (QED) is 0.504. The van der Waals surface area contributed by atoms with Crippen LogP contribution in [0.5, 0.6) is 5.75 Å². The maximum absolute atomic E-state index is 13.1. The summed E-state index contributed by atoms with van der Waals surface area (Å²) in [5.41, 5.74) is 6.50. The van der Waals surface area contributed by atoms with Gasteiger partial charge >= 0.3 is 0 Å². The zero-order chi connectivity index (χ0) is 24.7. The number of nitrogen functional groups attached to an aromatic ring is 1. The second-order valence-electron chi connectivity index (χ2n) is 8.97. The van der Waals surface area contributed by atoms with E-state index < -0.39 is 0 Å². The highest BCUT2D eigenvalue weighted by Gasteiger charge is 2.34. The molecule has 0 aromatic heterocycles. The Labute approximate surface area is 206 Å². The van der Waals surface area contributed by atoms with Crippen molar-refractivity contribution >= 4 is 29.1 Å². The van der Waals surface area contributed by atoms with Crippen LogP contribution in [0.25, 0.3) is 0 Å². The third-order valence-electron chi connectivity index (χ3n) is 6.79. The summed E-state index contributed by atoms with van der Waals surface area (Å²) in [6.45, 7) is 3.07. The van der Waals surface area contributed by atoms with Crippen molar-refractivity contribution in [2.75, 3.05) is 59.8 Å². The number of rotatable bonds is 9. The molecule has 2 aliphatic heterocycles. The van der Waals surface area contributed by atoms with Crippen molar-refractivity contribution in [1.82, 2.24) is 15.1 Å². The lowest BCUT2D eigenvalue weighted by molar-refractivity contribution is -0.137. The summed E-state index contributed by atoms with van der Waals surface area (Å²) in [5.74, 6) is 0.213. The molecule has 2 amide bonds. The van der Waals surface area contributed by atoms with Crippen LogP contribution in [0.15, 0.2) is 12.1 Å². The Morgan fingerprint density at radius 1 is 1.18 bits per heavy atom. The Balaban J connectivity index is 1.59. The van der Waals surface area contributed by atoms with E-state index in [2.05, 4.69) is 10.2 Å². The average Bonchev–Trinajstić information content (AvgIpc) is 2.84. The van der Waals surface area contributed by atoms with Gasteiger partial charge in [-0.05, 0) is 38.2 Å². The fraction of sp³-hybridized carbons (Fsp3) is 0.667. The molecule has 10 heteroatoms. The maximum Gasteiger partial charge on any atom is 0.255 e. The minimum atomic E-state index is -0.301. The van der Waals surface area contributed by atoms with Gasteiger partial charge in [0, 0.05) is 52.6 Å². The van der Waals surface area contributed by atoms with Crippen molar-refractivity contribution < 1.29 is 23.8 Å². The van der Waals surface area contributed by atoms with E-state index in [0.717, 1.165) is 32.2 Å². The summed E-state index contributed by atoms with van der Waals surface area (Å²) in [4.78, 5) is 30.2. The highest BCUT2D eigenvalue weighted by atomic mass is 35.5. The number of hydrogen-bond donors (Lipinski definition) is 2. The molecular formula is C24H37ClN4O5. The molecule has 1 unspecified atom stereocenters. The molecule has 34 heavy (non-hydrogen) atoms. The first-order valence-corrected chi connectivity index (χ1v) is 12.2. The highest BCUT2D eigenvalue weighted by Crippen LogP contribution is 2.29. The predicted octanol–water partition coefficient (Wildman–Crippen LogP) is 2.17. The van der Waals surface area contributed by atoms with Gasteiger partial charge in [0.1, 0.15) is 5.75 Å². The number of methoxy groups -OCH3 is 3. The zero-order valence-corrected chi connectivity index (χ0v) is 21.1. The molecule has 3 N–H and O–H groups in total. The lowest BCUT2D eigenvalue weighted by Gasteiger charge is -2.40. The molecular weight excluding hydrogens is 460 g/mol. The van der Waals surface area contributed by atoms with Crippen LogP contribution < -0.4 is 15.8 Å². The monoisotopic (exact) mass is 496 g/mol. The zero-order valence-electron chi connectivity index (χ0n) is 20.3. The van der Waals surface area contributed by atoms with Crippen molar-refractivity contribution in [2.45, 2.75) is 50.3 Å². The van der Waals surface area contributed by atoms with E-state index >= 15 is 0 Å². The molecule has 2 heterocycles. The van der Waals surface area contributed by atoms with Crippen LogP contribution >= 0.6 is 11.6 Å². The second kappa shape index (κ2) is 12.6. The minimum Gasteiger partial charge on any atom is -0.496 e. The molecule has 1 aromatic carbocycles. The van der Waals surface area contributed by atoms with Gasteiger partial charge in [0.2, 0.25) is 5.91 Å². The number of hydrogen-bond acceptors (Lipinski definition) is 7. The number of ether oxygens (including phenoxy) is 3. The summed E-state index contributed by atoms with van der Waals surface area (Å²) >= 11 is 6.12. The van der Waals surface area contributed by atoms with E-state index in [4.69, 9.17) is 31.5 Å². The fourth-order valence-corrected chi connectivity index (χ4v) is 5.02. The largest absolute Gasteiger partial charge is 0.496 e. The van der Waals surface area contributed by atoms with Crippen LogP contribution in [-0.2, 0) is 14.3 Å². The Bertz CT molecular complexity index is 855. The molecule has 0 saturated carbocycles. The Kier molecular flexibility index (Phi) is 9.82. The number of piperidine rings is 2. The number of benzene rings is 1. The van der Waals surface area contributed by atoms with Crippen LogP contribution in [0.3, 0.4) is 0 Å². The number of carbonyl (C=O) groups excluding carboxylic acids is 2. The topological polar surface area (TPSA) is 106 Å². The average molecular weight is 497 g/mol. The van der Waals surface area contributed by atoms with Crippen molar-refractivity contribution in [3.05, 3.63) is 22.7 Å². The van der Waals surface area contributed by atoms with Crippen molar-refractivity contribution in [2.24, 2.45) is 0 Å². The first-order valence-electron chi connectivity index (χ1n) is 11.8. The number of likely N-dealkylation sites (tertiary alicyclic amines) is 2. The van der Waals surface area contributed by atoms with E-state index in [1.165, 1.54) is 13.2 Å². The van der Waals surface area contributed by atoms with Gasteiger partial charge in [0.25, 0.3) is 5.91 Å². The minimum absolute atomic E-state index is 0.152. The summed E-state index contributed by atoms with van der Waals surface area (Å²) < 4.78 is 16.2. The second-order valence-corrected chi connectivity index (χ2v) is 9.38. The lowest BCUT2D eigenvalue weighted by Crippen LogP contribution is -2.57. The summed E-state index contributed by atoms with van der Waals surface area (Å²) in [7, 11) is 4.80. The molecule has 0 radical (unpaired) electrons. The van der Waals surface area contributed by atoms with Crippen LogP contribution in [0, 0.1) is 0 Å². The summed E-state index contributed by atoms with van der Waals surface area (Å²) in [6.07, 6.45) is 4.52. The van der Waals surface area contributed by atoms with Gasteiger partial charge in [-0.3, -0.25) is 14.5 Å². The Morgan fingerprint density at radius 2 is 1.97 bits per heavy atom. The van der Waals surface area contributed by atoms with Gasteiger partial charge in [-0.2, -0.15) is 0 Å². The molecule has 0 aliphatic carbocycles. The van der Waals surface area contributed by atoms with E-state index in [-0.39, 0.29) is 30.0 Å². The number of carbonyl (C=O) groups is 2. The molecule has 2 aliphatic rings. The van der Waals surface area contributed by atoms with E-state index in [0.29, 0.717) is 54.7 Å². The molecule has 190 valence electrons. The number of halogens is 1. The SMILES string of the molecule is COCCC1CCCCN1C(=O)CN1CC[C@@H](NC(=O)c2cc(Cl)c(N)cc2OC)[C@@H](OC)C1. The maximum atomic E-state index is 13.1. The normalized spacial score (nSPS) is 23.5. The molecule has 2 fully saturated rings. The molecule has 9 nitrogen and oxygen atoms in total. The highest BCUT2D eigenvalue weighted by molar-refractivity contribution is 6.33. The van der Waals surface area contributed by atoms with Crippen molar-refractivity contribution in [3.8, 4) is 5.75 Å². The molecule has 3 rings (SSSR count). The number of amides is 2. The number of nitrogens with one attached hydrogen (secondary N) is 1. The van der Waals surface area contributed by atoms with Crippen LogP contribution in [0.4, 0.5) is 5.69 Å². The fourth-order valence-electron chi connectivity index (χ4n) is 4.85. The molecule has 2 saturated heterocycles. The van der Waals surface area contributed by atoms with Gasteiger partial charge in [-0.15, -0.1) is 0 Å². The number of nitrogens with two attached hydrogens (primary N) is 1. The smallest absolute Gasteiger partial charge is 0.255 e. The van der Waals surface area contributed by atoms with Crippen LogP contribution in [-0.4, -0.2) is 93.9 Å². The predicted molar refractivity (Wildman–Crippen MR) is 131 cm³/mol. The molecule has 1 aromatic rings. The van der Waals surface area contributed by atoms with E-state index in [1.807, 2.05) is 4.90 Å². The van der Waals surface area contributed by atoms with E-state index in [9.17, 15) is 9.59 Å². The van der Waals surface area contributed by atoms with Gasteiger partial charge in [-0.1, -0.05) is 11.6 Å². The van der Waals surface area contributed by atoms with Crippen molar-refractivity contribution in [3.63, 3.8) is 0 Å². The number of anilines is 1. The van der Waals surface area contributed by atoms with Gasteiger partial charge in [0.15, 0.2) is 0 Å². The standard InChI is InChI=1S/C24H37ClN4O5/c1-32-11-8-16-6-4-5-9-29(16)23(30)15-28-10-7-20(22(14-28)34-3)27-24(31)17-12-18(25)19(26)13-21(17)33-2/h12-13,16,20,22H,4-11,14-15,26H2,1-3H3,(H,27,31)/t16?,20-,22+/m1/s1. The third kappa shape index (κ3) is 6.53. The van der Waals surface area contributed by atoms with Gasteiger partial charge in [0.05, 0.1) is 42.1 Å². The third-order valence-corrected chi connectivity index (χ3v) is 7.11. The van der Waals surface area contributed by atoms with Gasteiger partial charge in [-0.25, -0.2) is 0 Å². The lowest BCUT2D eigenvalue weighted by atomic mass is 9.98. The van der Waals surface area contributed by atoms with Gasteiger partial charge < -0.3 is 30.2 Å². The molecule has 3 atom stereocenters. The van der Waals surface area contributed by atoms with Crippen LogP contribution in [0.2, 0.25) is 5.02 Å². The molecule has 0 spiro atoms. The van der Waals surface area contributed by atoms with Crippen LogP contribution in [0.1, 0.15) is 42.5 Å². The van der Waals surface area contributed by atoms with Crippen molar-refractivity contribution in [1.29, 1.82) is 0 Å². The first-order chi connectivity index (χ1) is 16.4. The Morgan fingerprint density at radius 3 is 2.68 bits per heavy atom. The summed E-state index contributed by atoms with van der Waals surface area (Å²) in [5, 5.41) is 3.34.